The van der Waals surface area contributed by atoms with Crippen LogP contribution >= 0.6 is 0 Å². The Kier molecular flexibility index (Phi) is 5.59. The molecule has 0 aromatic heterocycles. The van der Waals surface area contributed by atoms with Crippen LogP contribution in [0.1, 0.15) is 50.7 Å². The molecule has 0 spiro atoms. The maximum atomic E-state index is 11.0. The molecule has 0 saturated heterocycles. The lowest BCUT2D eigenvalue weighted by Gasteiger charge is -2.15. The summed E-state index contributed by atoms with van der Waals surface area (Å²) < 4.78 is 31.0. The highest BCUT2D eigenvalue weighted by Crippen LogP contribution is 2.37. The van der Waals surface area contributed by atoms with Crippen LogP contribution in [-0.4, -0.2) is 18.1 Å². The van der Waals surface area contributed by atoms with Gasteiger partial charge in [0.2, 0.25) is 0 Å². The maximum Gasteiger partial charge on any atom is 0.294 e. The van der Waals surface area contributed by atoms with Crippen LogP contribution in [0.3, 0.4) is 0 Å². The van der Waals surface area contributed by atoms with E-state index in [-0.39, 0.29) is 16.7 Å². The molecule has 0 amide bonds. The summed E-state index contributed by atoms with van der Waals surface area (Å²) >= 11 is 0. The number of azo groups is 1. The van der Waals surface area contributed by atoms with Crippen molar-refractivity contribution < 1.29 is 18.1 Å². The molecule has 7 heteroatoms. The molecule has 25 heavy (non-hydrogen) atoms. The molecule has 0 saturated carbocycles. The van der Waals surface area contributed by atoms with Crippen LogP contribution in [0.4, 0.5) is 11.4 Å². The molecule has 2 aromatic rings. The minimum Gasteiger partial charge on any atom is -0.507 e. The van der Waals surface area contributed by atoms with Gasteiger partial charge in [-0.05, 0) is 59.4 Å². The quantitative estimate of drug-likeness (QED) is 0.557. The van der Waals surface area contributed by atoms with E-state index < -0.39 is 10.1 Å². The van der Waals surface area contributed by atoms with Crippen molar-refractivity contribution in [2.75, 3.05) is 0 Å². The second kappa shape index (κ2) is 7.33. The number of hydrogen-bond acceptors (Lipinski definition) is 5. The van der Waals surface area contributed by atoms with Crippen molar-refractivity contribution in [3.05, 3.63) is 47.5 Å². The summed E-state index contributed by atoms with van der Waals surface area (Å²) in [4.78, 5) is -0.194. The predicted molar refractivity (Wildman–Crippen MR) is 96.7 cm³/mol. The fraction of sp³-hybridized carbons (Fsp3) is 0.333. The van der Waals surface area contributed by atoms with Gasteiger partial charge in [0.25, 0.3) is 10.1 Å². The molecular formula is C18H22N2O4S. The number of hydrogen-bond donors (Lipinski definition) is 2. The summed E-state index contributed by atoms with van der Waals surface area (Å²) in [5.74, 6) is 0.574. The Hall–Kier alpha value is -2.25. The Morgan fingerprint density at radius 3 is 1.68 bits per heavy atom. The first-order chi connectivity index (χ1) is 11.6. The Morgan fingerprint density at radius 2 is 1.28 bits per heavy atom. The fourth-order valence-corrected chi connectivity index (χ4v) is 2.88. The maximum absolute atomic E-state index is 11.0. The number of nitrogens with zero attached hydrogens (tertiary/aromatic N) is 2. The average molecular weight is 362 g/mol. The number of phenolic OH excluding ortho intramolecular Hbond substituents is 1. The molecule has 2 aromatic carbocycles. The van der Waals surface area contributed by atoms with Gasteiger partial charge in [0.1, 0.15) is 5.75 Å². The van der Waals surface area contributed by atoms with E-state index in [1.54, 1.807) is 12.1 Å². The van der Waals surface area contributed by atoms with Gasteiger partial charge in [0, 0.05) is 0 Å². The van der Waals surface area contributed by atoms with E-state index in [4.69, 9.17) is 4.55 Å². The topological polar surface area (TPSA) is 99.3 Å². The van der Waals surface area contributed by atoms with Crippen molar-refractivity contribution in [2.24, 2.45) is 10.2 Å². The first-order valence-corrected chi connectivity index (χ1v) is 9.39. The van der Waals surface area contributed by atoms with Gasteiger partial charge in [-0.2, -0.15) is 18.6 Å². The fourth-order valence-electron chi connectivity index (χ4n) is 2.40. The molecule has 0 aliphatic rings. The summed E-state index contributed by atoms with van der Waals surface area (Å²) in [5.41, 5.74) is 2.69. The summed E-state index contributed by atoms with van der Waals surface area (Å²) in [7, 11) is -4.22. The molecule has 0 fully saturated rings. The number of phenols is 1. The smallest absolute Gasteiger partial charge is 0.294 e. The molecule has 2 N–H and O–H groups in total. The molecule has 0 aliphatic heterocycles. The number of aromatic hydroxyl groups is 1. The molecule has 0 aliphatic carbocycles. The van der Waals surface area contributed by atoms with E-state index in [2.05, 4.69) is 10.2 Å². The molecule has 0 radical (unpaired) electrons. The van der Waals surface area contributed by atoms with Crippen LogP contribution in [0.5, 0.6) is 5.75 Å². The standard InChI is InChI=1S/C18H22N2O4S/c1-11(2)16-9-14(10-17(12(3)4)18(16)21)20-19-13-5-7-15(8-6-13)25(22,23)24/h5-12,21H,1-4H3,(H,22,23,24). The van der Waals surface area contributed by atoms with Gasteiger partial charge in [0.15, 0.2) is 0 Å². The first-order valence-electron chi connectivity index (χ1n) is 7.95. The number of rotatable bonds is 5. The van der Waals surface area contributed by atoms with Crippen LogP contribution in [0.2, 0.25) is 0 Å². The molecule has 0 bridgehead atoms. The minimum absolute atomic E-state index is 0.140. The SMILES string of the molecule is CC(C)c1cc(N=Nc2ccc(S(=O)(=O)O)cc2)cc(C(C)C)c1O. The Bertz CT molecular complexity index is 857. The Labute approximate surface area is 148 Å². The summed E-state index contributed by atoms with van der Waals surface area (Å²) in [6, 6.07) is 9.03. The molecule has 0 atom stereocenters. The third-order valence-corrected chi connectivity index (χ3v) is 4.68. The third-order valence-electron chi connectivity index (χ3n) is 3.81. The van der Waals surface area contributed by atoms with Gasteiger partial charge >= 0.3 is 0 Å². The molecule has 0 unspecified atom stereocenters. The Balaban J connectivity index is 2.37. The number of benzene rings is 2. The van der Waals surface area contributed by atoms with Gasteiger partial charge in [-0.25, -0.2) is 0 Å². The van der Waals surface area contributed by atoms with Gasteiger partial charge in [0.05, 0.1) is 16.3 Å². The molecule has 134 valence electrons. The van der Waals surface area contributed by atoms with Gasteiger partial charge < -0.3 is 5.11 Å². The summed E-state index contributed by atoms with van der Waals surface area (Å²) in [5, 5.41) is 18.7. The van der Waals surface area contributed by atoms with E-state index in [1.165, 1.54) is 24.3 Å². The summed E-state index contributed by atoms with van der Waals surface area (Å²) in [6.07, 6.45) is 0. The van der Waals surface area contributed by atoms with Crippen LogP contribution in [-0.2, 0) is 10.1 Å². The normalized spacial score (nSPS) is 12.4. The molecular weight excluding hydrogens is 340 g/mol. The first kappa shape index (κ1) is 19.1. The van der Waals surface area contributed by atoms with E-state index in [0.29, 0.717) is 17.1 Å². The van der Waals surface area contributed by atoms with Crippen LogP contribution in [0.25, 0.3) is 0 Å². The lowest BCUT2D eigenvalue weighted by atomic mass is 9.93. The lowest BCUT2D eigenvalue weighted by molar-refractivity contribution is 0.454. The van der Waals surface area contributed by atoms with Crippen molar-refractivity contribution in [1.82, 2.24) is 0 Å². The van der Waals surface area contributed by atoms with E-state index >= 15 is 0 Å². The average Bonchev–Trinajstić information content (AvgIpc) is 2.52. The second-order valence-corrected chi connectivity index (χ2v) is 7.87. The monoisotopic (exact) mass is 362 g/mol. The highest BCUT2D eigenvalue weighted by Gasteiger charge is 2.15. The van der Waals surface area contributed by atoms with Gasteiger partial charge in [-0.1, -0.05) is 27.7 Å². The lowest BCUT2D eigenvalue weighted by Crippen LogP contribution is -1.96. The van der Waals surface area contributed by atoms with Gasteiger partial charge in [-0.3, -0.25) is 4.55 Å². The van der Waals surface area contributed by atoms with Gasteiger partial charge in [-0.15, -0.1) is 0 Å². The van der Waals surface area contributed by atoms with Crippen molar-refractivity contribution in [2.45, 2.75) is 44.4 Å². The minimum atomic E-state index is -4.22. The largest absolute Gasteiger partial charge is 0.507 e. The third kappa shape index (κ3) is 4.64. The molecule has 2 rings (SSSR count). The van der Waals surface area contributed by atoms with Crippen LogP contribution < -0.4 is 0 Å². The van der Waals surface area contributed by atoms with E-state index in [0.717, 1.165) is 11.1 Å². The second-order valence-electron chi connectivity index (χ2n) is 6.45. The highest BCUT2D eigenvalue weighted by molar-refractivity contribution is 7.85. The molecule has 6 nitrogen and oxygen atoms in total. The van der Waals surface area contributed by atoms with E-state index in [1.807, 2.05) is 27.7 Å². The zero-order valence-corrected chi connectivity index (χ0v) is 15.4. The highest BCUT2D eigenvalue weighted by atomic mass is 32.2. The molecule has 0 heterocycles. The van der Waals surface area contributed by atoms with Crippen LogP contribution in [0, 0.1) is 0 Å². The zero-order valence-electron chi connectivity index (χ0n) is 14.6. The van der Waals surface area contributed by atoms with Crippen molar-refractivity contribution in [3.63, 3.8) is 0 Å². The van der Waals surface area contributed by atoms with E-state index in [9.17, 15) is 13.5 Å². The Morgan fingerprint density at radius 1 is 0.840 bits per heavy atom. The van der Waals surface area contributed by atoms with Crippen molar-refractivity contribution in [1.29, 1.82) is 0 Å². The zero-order chi connectivity index (χ0) is 18.8. The van der Waals surface area contributed by atoms with Crippen LogP contribution in [0.15, 0.2) is 51.5 Å². The van der Waals surface area contributed by atoms with Crippen molar-refractivity contribution >= 4 is 21.5 Å². The van der Waals surface area contributed by atoms with Crippen molar-refractivity contribution in [3.8, 4) is 5.75 Å². The summed E-state index contributed by atoms with van der Waals surface area (Å²) in [6.45, 7) is 7.98. The predicted octanol–water partition coefficient (Wildman–Crippen LogP) is 5.30.